The summed E-state index contributed by atoms with van der Waals surface area (Å²) in [6.07, 6.45) is 9.64. The Kier molecular flexibility index (Phi) is 10.5. The van der Waals surface area contributed by atoms with Gasteiger partial charge < -0.3 is 4.74 Å². The number of ether oxygens (including phenoxy) is 1. The van der Waals surface area contributed by atoms with Crippen LogP contribution in [0.4, 0.5) is 0 Å². The van der Waals surface area contributed by atoms with E-state index in [1.807, 2.05) is 12.1 Å². The highest BCUT2D eigenvalue weighted by Gasteiger charge is 2.22. The maximum absolute atomic E-state index is 12.7. The summed E-state index contributed by atoms with van der Waals surface area (Å²) in [5.74, 6) is 0.138. The molecule has 2 aromatic rings. The first-order valence-corrected chi connectivity index (χ1v) is 12.9. The summed E-state index contributed by atoms with van der Waals surface area (Å²) in [7, 11) is 0. The minimum atomic E-state index is -0.313. The number of nitrogens with zero attached hydrogens (tertiary/aromatic N) is 1. The normalized spacial score (nSPS) is 12.3. The van der Waals surface area contributed by atoms with Crippen LogP contribution < -0.4 is 0 Å². The number of halogens is 2. The van der Waals surface area contributed by atoms with Crippen molar-refractivity contribution in [2.24, 2.45) is 5.92 Å². The highest BCUT2D eigenvalue weighted by molar-refractivity contribution is 9.11. The van der Waals surface area contributed by atoms with Crippen LogP contribution in [0.3, 0.4) is 0 Å². The largest absolute Gasteiger partial charge is 0.461 e. The number of thiophene rings is 1. The van der Waals surface area contributed by atoms with Gasteiger partial charge in [-0.2, -0.15) is 0 Å². The molecule has 0 radical (unpaired) electrons. The zero-order valence-corrected chi connectivity index (χ0v) is 20.7. The van der Waals surface area contributed by atoms with E-state index >= 15 is 0 Å². The lowest BCUT2D eigenvalue weighted by Gasteiger charge is -2.16. The van der Waals surface area contributed by atoms with Gasteiger partial charge >= 0.3 is 5.97 Å². The number of carbonyl (C=O) groups is 1. The van der Waals surface area contributed by atoms with Gasteiger partial charge in [0, 0.05) is 4.88 Å². The molecule has 0 fully saturated rings. The molecule has 7 heteroatoms. The van der Waals surface area contributed by atoms with Crippen molar-refractivity contribution in [3.63, 3.8) is 0 Å². The third-order valence-corrected chi connectivity index (χ3v) is 7.78. The average Bonchev–Trinajstić information content (AvgIpc) is 3.25. The van der Waals surface area contributed by atoms with Crippen molar-refractivity contribution in [3.05, 3.63) is 25.5 Å². The molecule has 150 valence electrons. The van der Waals surface area contributed by atoms with E-state index in [4.69, 9.17) is 4.74 Å². The SMILES string of the molecule is CCCCCCC(CCCC)COC(=O)c1nc(Br)sc1-c1ccc(Br)s1. The summed E-state index contributed by atoms with van der Waals surface area (Å²) in [6.45, 7) is 4.93. The zero-order chi connectivity index (χ0) is 19.6. The van der Waals surface area contributed by atoms with Gasteiger partial charge in [0.25, 0.3) is 0 Å². The topological polar surface area (TPSA) is 39.2 Å². The molecule has 0 aliphatic rings. The summed E-state index contributed by atoms with van der Waals surface area (Å²) in [6, 6.07) is 3.99. The third kappa shape index (κ3) is 7.59. The fourth-order valence-electron chi connectivity index (χ4n) is 2.96. The summed E-state index contributed by atoms with van der Waals surface area (Å²) >= 11 is 9.96. The Balaban J connectivity index is 1.98. The van der Waals surface area contributed by atoms with Crippen LogP contribution >= 0.6 is 54.5 Å². The van der Waals surface area contributed by atoms with Gasteiger partial charge in [0.1, 0.15) is 0 Å². The van der Waals surface area contributed by atoms with Crippen molar-refractivity contribution >= 4 is 60.5 Å². The second-order valence-corrected chi connectivity index (χ2v) is 11.4. The van der Waals surface area contributed by atoms with Crippen molar-refractivity contribution in [2.45, 2.75) is 65.2 Å². The second-order valence-electron chi connectivity index (χ2n) is 6.70. The van der Waals surface area contributed by atoms with Gasteiger partial charge in [-0.25, -0.2) is 9.78 Å². The molecule has 2 heterocycles. The molecule has 0 aromatic carbocycles. The molecule has 0 amide bonds. The molecule has 2 aromatic heterocycles. The van der Waals surface area contributed by atoms with Gasteiger partial charge in [-0.15, -0.1) is 22.7 Å². The monoisotopic (exact) mass is 535 g/mol. The number of hydrogen-bond donors (Lipinski definition) is 0. The van der Waals surface area contributed by atoms with Gasteiger partial charge in [0.2, 0.25) is 0 Å². The smallest absolute Gasteiger partial charge is 0.358 e. The summed E-state index contributed by atoms with van der Waals surface area (Å²) in [5, 5.41) is 0. The van der Waals surface area contributed by atoms with Crippen LogP contribution in [0.5, 0.6) is 0 Å². The first kappa shape index (κ1) is 23.0. The van der Waals surface area contributed by atoms with E-state index in [9.17, 15) is 4.79 Å². The molecule has 0 aliphatic carbocycles. The Hall–Kier alpha value is -0.240. The van der Waals surface area contributed by atoms with Gasteiger partial charge in [-0.1, -0.05) is 52.4 Å². The first-order valence-electron chi connectivity index (χ1n) is 9.64. The number of rotatable bonds is 12. The highest BCUT2D eigenvalue weighted by atomic mass is 79.9. The first-order chi connectivity index (χ1) is 13.0. The van der Waals surface area contributed by atoms with Crippen LogP contribution in [0, 0.1) is 5.92 Å². The van der Waals surface area contributed by atoms with Crippen molar-refractivity contribution in [2.75, 3.05) is 6.61 Å². The van der Waals surface area contributed by atoms with E-state index in [-0.39, 0.29) is 5.97 Å². The Bertz CT molecular complexity index is 715. The Morgan fingerprint density at radius 1 is 1.07 bits per heavy atom. The molecule has 0 aliphatic heterocycles. The van der Waals surface area contributed by atoms with Crippen LogP contribution in [-0.2, 0) is 4.74 Å². The lowest BCUT2D eigenvalue weighted by atomic mass is 9.96. The van der Waals surface area contributed by atoms with Crippen molar-refractivity contribution < 1.29 is 9.53 Å². The van der Waals surface area contributed by atoms with E-state index in [0.29, 0.717) is 22.1 Å². The second kappa shape index (κ2) is 12.3. The molecule has 1 atom stereocenters. The summed E-state index contributed by atoms with van der Waals surface area (Å²) in [5.41, 5.74) is 0.418. The quantitative estimate of drug-likeness (QED) is 0.202. The van der Waals surface area contributed by atoms with Crippen molar-refractivity contribution in [3.8, 4) is 9.75 Å². The highest BCUT2D eigenvalue weighted by Crippen LogP contribution is 2.39. The van der Waals surface area contributed by atoms with E-state index in [2.05, 4.69) is 50.7 Å². The van der Waals surface area contributed by atoms with E-state index in [0.717, 1.165) is 26.4 Å². The fourth-order valence-corrected chi connectivity index (χ4v) is 5.90. The number of esters is 1. The number of thiazole rings is 1. The van der Waals surface area contributed by atoms with Gasteiger partial charge in [-0.3, -0.25) is 0 Å². The van der Waals surface area contributed by atoms with Crippen LogP contribution in [0.25, 0.3) is 9.75 Å². The van der Waals surface area contributed by atoms with Crippen LogP contribution in [0.2, 0.25) is 0 Å². The number of aromatic nitrogens is 1. The summed E-state index contributed by atoms with van der Waals surface area (Å²) < 4.78 is 7.44. The molecule has 27 heavy (non-hydrogen) atoms. The molecular weight excluding hydrogens is 510 g/mol. The van der Waals surface area contributed by atoms with Gasteiger partial charge in [0.15, 0.2) is 9.61 Å². The molecule has 0 N–H and O–H groups in total. The minimum Gasteiger partial charge on any atom is -0.461 e. The standard InChI is InChI=1S/C20H27Br2NO2S2/c1-3-5-7-8-10-14(9-6-4-2)13-25-19(24)17-18(27-20(22)23-17)15-11-12-16(21)26-15/h11-12,14H,3-10,13H2,1-2H3. The molecule has 3 nitrogen and oxygen atoms in total. The fraction of sp³-hybridized carbons (Fsp3) is 0.600. The lowest BCUT2D eigenvalue weighted by molar-refractivity contribution is 0.0417. The maximum Gasteiger partial charge on any atom is 0.358 e. The Morgan fingerprint density at radius 3 is 2.48 bits per heavy atom. The number of unbranched alkanes of at least 4 members (excludes halogenated alkanes) is 4. The molecular formula is C20H27Br2NO2S2. The Labute approximate surface area is 187 Å². The maximum atomic E-state index is 12.7. The molecule has 0 spiro atoms. The molecule has 0 saturated carbocycles. The molecule has 1 unspecified atom stereocenters. The molecule has 0 bridgehead atoms. The van der Waals surface area contributed by atoms with E-state index in [1.54, 1.807) is 11.3 Å². The van der Waals surface area contributed by atoms with Crippen LogP contribution in [-0.4, -0.2) is 17.6 Å². The summed E-state index contributed by atoms with van der Waals surface area (Å²) in [4.78, 5) is 19.0. The van der Waals surface area contributed by atoms with Crippen molar-refractivity contribution in [1.29, 1.82) is 0 Å². The Morgan fingerprint density at radius 2 is 1.81 bits per heavy atom. The zero-order valence-electron chi connectivity index (χ0n) is 15.9. The average molecular weight is 537 g/mol. The van der Waals surface area contributed by atoms with Crippen LogP contribution in [0.1, 0.15) is 75.7 Å². The third-order valence-electron chi connectivity index (χ3n) is 4.47. The minimum absolute atomic E-state index is 0.313. The number of carbonyl (C=O) groups excluding carboxylic acids is 1. The number of hydrogen-bond acceptors (Lipinski definition) is 5. The molecule has 0 saturated heterocycles. The van der Waals surface area contributed by atoms with Crippen molar-refractivity contribution in [1.82, 2.24) is 4.98 Å². The lowest BCUT2D eigenvalue weighted by Crippen LogP contribution is -2.15. The molecule has 2 rings (SSSR count). The van der Waals surface area contributed by atoms with E-state index < -0.39 is 0 Å². The van der Waals surface area contributed by atoms with Crippen LogP contribution in [0.15, 0.2) is 19.8 Å². The predicted octanol–water partition coefficient (Wildman–Crippen LogP) is 8.33. The van der Waals surface area contributed by atoms with Gasteiger partial charge in [0.05, 0.1) is 15.3 Å². The van der Waals surface area contributed by atoms with E-state index in [1.165, 1.54) is 49.9 Å². The predicted molar refractivity (Wildman–Crippen MR) is 123 cm³/mol. The van der Waals surface area contributed by atoms with Gasteiger partial charge in [-0.05, 0) is 62.8 Å².